The minimum Gasteiger partial charge on any atom is -0.364 e. The summed E-state index contributed by atoms with van der Waals surface area (Å²) >= 11 is 0. The highest BCUT2D eigenvalue weighted by molar-refractivity contribution is 7.89. The number of hydrogen-bond acceptors (Lipinski definition) is 6. The third-order valence-electron chi connectivity index (χ3n) is 6.41. The topological polar surface area (TPSA) is 91.6 Å². The number of fused-ring (bicyclic) bond motifs is 1. The standard InChI is InChI=1S/C25H28N6O2S/c1-17-12-27-13-18(2)31(17)22-9-7-19(8-10-22)21-14-28-25-24(15-29-30(25)16-21)20-5-4-6-23(11-20)34(32,33)26-3/h4-11,14-18,26-27H,12-13H2,1-3H3/t17-,18+. The highest BCUT2D eigenvalue weighted by Gasteiger charge is 2.24. The molecule has 3 heterocycles. The molecule has 2 N–H and O–H groups in total. The summed E-state index contributed by atoms with van der Waals surface area (Å²) in [6, 6.07) is 16.2. The number of benzene rings is 2. The Hall–Kier alpha value is -3.27. The lowest BCUT2D eigenvalue weighted by Gasteiger charge is -2.41. The number of aromatic nitrogens is 3. The van der Waals surface area contributed by atoms with Crippen LogP contribution in [0.4, 0.5) is 5.69 Å². The Labute approximate surface area is 199 Å². The van der Waals surface area contributed by atoms with E-state index >= 15 is 0 Å². The van der Waals surface area contributed by atoms with E-state index < -0.39 is 10.0 Å². The quantitative estimate of drug-likeness (QED) is 0.460. The first-order chi connectivity index (χ1) is 16.4. The minimum absolute atomic E-state index is 0.205. The molecular formula is C25H28N6O2S. The monoisotopic (exact) mass is 476 g/mol. The molecular weight excluding hydrogens is 448 g/mol. The molecule has 0 bridgehead atoms. The highest BCUT2D eigenvalue weighted by Crippen LogP contribution is 2.29. The van der Waals surface area contributed by atoms with Gasteiger partial charge in [0, 0.05) is 54.4 Å². The molecule has 2 aromatic heterocycles. The molecule has 0 amide bonds. The van der Waals surface area contributed by atoms with Crippen LogP contribution in [0.15, 0.2) is 72.0 Å². The Kier molecular flexibility index (Phi) is 5.85. The van der Waals surface area contributed by atoms with Crippen LogP contribution < -0.4 is 14.9 Å². The number of piperazine rings is 1. The summed E-state index contributed by atoms with van der Waals surface area (Å²) < 4.78 is 28.5. The van der Waals surface area contributed by atoms with Gasteiger partial charge in [0.25, 0.3) is 0 Å². The number of nitrogens with zero attached hydrogens (tertiary/aromatic N) is 4. The van der Waals surface area contributed by atoms with E-state index in [-0.39, 0.29) is 4.90 Å². The molecule has 9 heteroatoms. The van der Waals surface area contributed by atoms with Crippen LogP contribution in [0.1, 0.15) is 13.8 Å². The molecule has 0 radical (unpaired) electrons. The summed E-state index contributed by atoms with van der Waals surface area (Å²) in [6.45, 7) is 6.46. The van der Waals surface area contributed by atoms with Crippen molar-refractivity contribution in [2.75, 3.05) is 25.0 Å². The van der Waals surface area contributed by atoms with Crippen LogP contribution in [0, 0.1) is 0 Å². The molecule has 0 saturated carbocycles. The number of anilines is 1. The van der Waals surface area contributed by atoms with Crippen molar-refractivity contribution in [3.63, 3.8) is 0 Å². The average Bonchev–Trinajstić information content (AvgIpc) is 3.28. The maximum atomic E-state index is 12.2. The van der Waals surface area contributed by atoms with Gasteiger partial charge in [-0.15, -0.1) is 0 Å². The van der Waals surface area contributed by atoms with Crippen LogP contribution in [0.5, 0.6) is 0 Å². The van der Waals surface area contributed by atoms with Gasteiger partial charge in [0.2, 0.25) is 10.0 Å². The van der Waals surface area contributed by atoms with Gasteiger partial charge < -0.3 is 10.2 Å². The Bertz CT molecular complexity index is 1420. The van der Waals surface area contributed by atoms with Crippen molar-refractivity contribution in [2.45, 2.75) is 30.8 Å². The predicted molar refractivity (Wildman–Crippen MR) is 134 cm³/mol. The molecule has 0 spiro atoms. The summed E-state index contributed by atoms with van der Waals surface area (Å²) in [5.41, 5.74) is 5.43. The van der Waals surface area contributed by atoms with Crippen molar-refractivity contribution in [3.8, 4) is 22.3 Å². The van der Waals surface area contributed by atoms with Gasteiger partial charge in [-0.05, 0) is 56.3 Å². The van der Waals surface area contributed by atoms with E-state index in [9.17, 15) is 8.42 Å². The van der Waals surface area contributed by atoms with E-state index in [1.165, 1.54) is 12.7 Å². The number of rotatable bonds is 5. The fraction of sp³-hybridized carbons (Fsp3) is 0.280. The second-order valence-corrected chi connectivity index (χ2v) is 10.6. The Morgan fingerprint density at radius 2 is 1.71 bits per heavy atom. The fourth-order valence-electron chi connectivity index (χ4n) is 4.64. The van der Waals surface area contributed by atoms with Crippen molar-refractivity contribution < 1.29 is 8.42 Å². The largest absolute Gasteiger partial charge is 0.364 e. The normalized spacial score (nSPS) is 19.0. The third-order valence-corrected chi connectivity index (χ3v) is 7.82. The first-order valence-electron chi connectivity index (χ1n) is 11.3. The number of hydrogen-bond donors (Lipinski definition) is 2. The zero-order valence-corrected chi connectivity index (χ0v) is 20.2. The summed E-state index contributed by atoms with van der Waals surface area (Å²) in [6.07, 6.45) is 5.50. The van der Waals surface area contributed by atoms with Crippen LogP contribution >= 0.6 is 0 Å². The molecule has 1 fully saturated rings. The molecule has 8 nitrogen and oxygen atoms in total. The van der Waals surface area contributed by atoms with Crippen molar-refractivity contribution in [1.82, 2.24) is 24.6 Å². The molecule has 1 saturated heterocycles. The SMILES string of the molecule is CNS(=O)(=O)c1cccc(-c2cnn3cc(-c4ccc(N5[C@H](C)CNC[C@@H]5C)cc4)cnc23)c1. The molecule has 1 aliphatic heterocycles. The number of nitrogens with one attached hydrogen (secondary N) is 2. The molecule has 5 rings (SSSR count). The van der Waals surface area contributed by atoms with Gasteiger partial charge in [-0.3, -0.25) is 0 Å². The van der Waals surface area contributed by atoms with Crippen molar-refractivity contribution in [3.05, 3.63) is 67.1 Å². The van der Waals surface area contributed by atoms with Gasteiger partial charge >= 0.3 is 0 Å². The molecule has 1 aliphatic rings. The van der Waals surface area contributed by atoms with Crippen LogP contribution in [-0.4, -0.2) is 55.2 Å². The first kappa shape index (κ1) is 22.5. The summed E-state index contributed by atoms with van der Waals surface area (Å²) in [5, 5.41) is 7.95. The van der Waals surface area contributed by atoms with Crippen LogP contribution in [-0.2, 0) is 10.0 Å². The second kappa shape index (κ2) is 8.83. The predicted octanol–water partition coefficient (Wildman–Crippen LogP) is 3.16. The van der Waals surface area contributed by atoms with E-state index in [0.29, 0.717) is 17.7 Å². The fourth-order valence-corrected chi connectivity index (χ4v) is 5.42. The molecule has 4 aromatic rings. The zero-order chi connectivity index (χ0) is 23.9. The molecule has 0 aliphatic carbocycles. The lowest BCUT2D eigenvalue weighted by molar-refractivity contribution is 0.432. The van der Waals surface area contributed by atoms with E-state index in [2.05, 4.69) is 63.1 Å². The molecule has 2 aromatic carbocycles. The highest BCUT2D eigenvalue weighted by atomic mass is 32.2. The first-order valence-corrected chi connectivity index (χ1v) is 12.8. The van der Waals surface area contributed by atoms with E-state index in [1.807, 2.05) is 18.5 Å². The van der Waals surface area contributed by atoms with Crippen LogP contribution in [0.2, 0.25) is 0 Å². The molecule has 0 unspecified atom stereocenters. The van der Waals surface area contributed by atoms with Crippen molar-refractivity contribution in [2.24, 2.45) is 0 Å². The van der Waals surface area contributed by atoms with Gasteiger partial charge in [0.1, 0.15) is 0 Å². The van der Waals surface area contributed by atoms with E-state index in [0.717, 1.165) is 35.3 Å². The summed E-state index contributed by atoms with van der Waals surface area (Å²) in [5.74, 6) is 0. The number of sulfonamides is 1. The Morgan fingerprint density at radius 1 is 0.971 bits per heavy atom. The van der Waals surface area contributed by atoms with Crippen LogP contribution in [0.3, 0.4) is 0 Å². The molecule has 176 valence electrons. The van der Waals surface area contributed by atoms with Gasteiger partial charge in [-0.2, -0.15) is 5.10 Å². The van der Waals surface area contributed by atoms with Crippen molar-refractivity contribution in [1.29, 1.82) is 0 Å². The maximum Gasteiger partial charge on any atom is 0.240 e. The van der Waals surface area contributed by atoms with Gasteiger partial charge in [-0.1, -0.05) is 24.3 Å². The lowest BCUT2D eigenvalue weighted by Crippen LogP contribution is -2.55. The van der Waals surface area contributed by atoms with E-state index in [1.54, 1.807) is 28.9 Å². The van der Waals surface area contributed by atoms with Gasteiger partial charge in [0.05, 0.1) is 11.1 Å². The second-order valence-electron chi connectivity index (χ2n) is 8.71. The van der Waals surface area contributed by atoms with Crippen LogP contribution in [0.25, 0.3) is 27.9 Å². The molecule has 2 atom stereocenters. The Balaban J connectivity index is 1.45. The maximum absolute atomic E-state index is 12.2. The summed E-state index contributed by atoms with van der Waals surface area (Å²) in [7, 11) is -2.13. The van der Waals surface area contributed by atoms with Gasteiger partial charge in [-0.25, -0.2) is 22.6 Å². The van der Waals surface area contributed by atoms with E-state index in [4.69, 9.17) is 0 Å². The minimum atomic E-state index is -3.53. The van der Waals surface area contributed by atoms with Gasteiger partial charge in [0.15, 0.2) is 5.65 Å². The third kappa shape index (κ3) is 4.06. The average molecular weight is 477 g/mol. The molecule has 34 heavy (non-hydrogen) atoms. The summed E-state index contributed by atoms with van der Waals surface area (Å²) in [4.78, 5) is 7.33. The van der Waals surface area contributed by atoms with Crippen molar-refractivity contribution >= 4 is 21.4 Å². The Morgan fingerprint density at radius 3 is 2.41 bits per heavy atom. The lowest BCUT2D eigenvalue weighted by atomic mass is 10.0. The zero-order valence-electron chi connectivity index (χ0n) is 19.4. The smallest absolute Gasteiger partial charge is 0.240 e.